The van der Waals surface area contributed by atoms with Crippen molar-refractivity contribution in [3.8, 4) is 11.4 Å². The van der Waals surface area contributed by atoms with Crippen LogP contribution in [0.15, 0.2) is 49.1 Å². The van der Waals surface area contributed by atoms with Crippen molar-refractivity contribution in [3.05, 3.63) is 54.7 Å². The van der Waals surface area contributed by atoms with Gasteiger partial charge in [0, 0.05) is 24.2 Å². The Kier molecular flexibility index (Phi) is 5.25. The van der Waals surface area contributed by atoms with E-state index >= 15 is 0 Å². The summed E-state index contributed by atoms with van der Waals surface area (Å²) in [6, 6.07) is 11.5. The monoisotopic (exact) mass is 296 g/mol. The lowest BCUT2D eigenvalue weighted by Crippen LogP contribution is -2.25. The summed E-state index contributed by atoms with van der Waals surface area (Å²) in [7, 11) is 0. The summed E-state index contributed by atoms with van der Waals surface area (Å²) in [5, 5.41) is 5.95. The van der Waals surface area contributed by atoms with E-state index in [1.807, 2.05) is 44.2 Å². The van der Waals surface area contributed by atoms with Gasteiger partial charge < -0.3 is 10.6 Å². The van der Waals surface area contributed by atoms with Crippen molar-refractivity contribution in [3.63, 3.8) is 0 Å². The zero-order valence-corrected chi connectivity index (χ0v) is 12.8. The number of carbonyl (C=O) groups is 1. The molecule has 2 N–H and O–H groups in total. The van der Waals surface area contributed by atoms with E-state index < -0.39 is 0 Å². The molecule has 0 fully saturated rings. The van der Waals surface area contributed by atoms with Gasteiger partial charge in [-0.25, -0.2) is 9.97 Å². The van der Waals surface area contributed by atoms with Crippen molar-refractivity contribution < 1.29 is 4.79 Å². The lowest BCUT2D eigenvalue weighted by atomic mass is 10.2. The number of hydrogen-bond acceptors (Lipinski definition) is 4. The molecule has 0 saturated carbocycles. The number of amides is 1. The van der Waals surface area contributed by atoms with Crippen LogP contribution in [0.1, 0.15) is 24.3 Å². The summed E-state index contributed by atoms with van der Waals surface area (Å²) in [5.74, 6) is 0.911. The highest BCUT2D eigenvalue weighted by atomic mass is 16.1. The molecule has 5 nitrogen and oxygen atoms in total. The van der Waals surface area contributed by atoms with Gasteiger partial charge in [-0.2, -0.15) is 0 Å². The van der Waals surface area contributed by atoms with Crippen LogP contribution in [0.4, 0.5) is 5.82 Å². The van der Waals surface area contributed by atoms with Crippen LogP contribution in [-0.2, 0) is 0 Å². The van der Waals surface area contributed by atoms with Gasteiger partial charge in [-0.3, -0.25) is 4.79 Å². The van der Waals surface area contributed by atoms with Crippen LogP contribution < -0.4 is 10.6 Å². The number of nitrogens with zero attached hydrogens (tertiary/aromatic N) is 2. The molecule has 0 bridgehead atoms. The molecule has 0 aliphatic carbocycles. The van der Waals surface area contributed by atoms with Crippen molar-refractivity contribution in [1.82, 2.24) is 15.3 Å². The molecular formula is C17H20N4O. The molecule has 22 heavy (non-hydrogen) atoms. The standard InChI is InChI=1S/C17H20N4O/c1-4-10-18-17(22)14-11-15(19-12(2)3)21-16(20-14)13-8-6-5-7-9-13/h4-9,11-12H,1,10H2,2-3H3,(H,18,22)(H,19,20,21). The molecule has 1 aromatic carbocycles. The fourth-order valence-electron chi connectivity index (χ4n) is 1.91. The van der Waals surface area contributed by atoms with Crippen molar-refractivity contribution in [1.29, 1.82) is 0 Å². The molecule has 0 aliphatic heterocycles. The van der Waals surface area contributed by atoms with Crippen LogP contribution >= 0.6 is 0 Å². The Hall–Kier alpha value is -2.69. The Labute approximate surface area is 130 Å². The molecule has 0 radical (unpaired) electrons. The third-order valence-electron chi connectivity index (χ3n) is 2.83. The molecule has 2 aromatic rings. The molecule has 0 saturated heterocycles. The topological polar surface area (TPSA) is 66.9 Å². The summed E-state index contributed by atoms with van der Waals surface area (Å²) < 4.78 is 0. The maximum atomic E-state index is 12.1. The van der Waals surface area contributed by atoms with Crippen LogP contribution in [0, 0.1) is 0 Å². The second-order valence-electron chi connectivity index (χ2n) is 5.13. The highest BCUT2D eigenvalue weighted by Crippen LogP contribution is 2.18. The van der Waals surface area contributed by atoms with E-state index in [-0.39, 0.29) is 11.9 Å². The van der Waals surface area contributed by atoms with Gasteiger partial charge in [-0.1, -0.05) is 36.4 Å². The second kappa shape index (κ2) is 7.36. The molecule has 0 atom stereocenters. The molecule has 114 valence electrons. The van der Waals surface area contributed by atoms with E-state index in [0.717, 1.165) is 5.56 Å². The summed E-state index contributed by atoms with van der Waals surface area (Å²) in [6.07, 6.45) is 1.63. The molecule has 1 heterocycles. The molecule has 2 rings (SSSR count). The Morgan fingerprint density at radius 3 is 2.64 bits per heavy atom. The van der Waals surface area contributed by atoms with Crippen LogP contribution in [0.3, 0.4) is 0 Å². The average Bonchev–Trinajstić information content (AvgIpc) is 2.52. The lowest BCUT2D eigenvalue weighted by molar-refractivity contribution is 0.0953. The molecule has 0 unspecified atom stereocenters. The molecular weight excluding hydrogens is 276 g/mol. The third kappa shape index (κ3) is 4.15. The van der Waals surface area contributed by atoms with Crippen molar-refractivity contribution >= 4 is 11.7 Å². The van der Waals surface area contributed by atoms with E-state index in [1.54, 1.807) is 12.1 Å². The van der Waals surface area contributed by atoms with E-state index in [0.29, 0.717) is 23.9 Å². The van der Waals surface area contributed by atoms with Gasteiger partial charge in [0.2, 0.25) is 0 Å². The first-order valence-electron chi connectivity index (χ1n) is 7.20. The van der Waals surface area contributed by atoms with Gasteiger partial charge in [-0.05, 0) is 13.8 Å². The Balaban J connectivity index is 2.40. The van der Waals surface area contributed by atoms with Crippen molar-refractivity contribution in [2.45, 2.75) is 19.9 Å². The first-order chi connectivity index (χ1) is 10.6. The average molecular weight is 296 g/mol. The highest BCUT2D eigenvalue weighted by Gasteiger charge is 2.12. The van der Waals surface area contributed by atoms with Crippen LogP contribution in [0.2, 0.25) is 0 Å². The second-order valence-corrected chi connectivity index (χ2v) is 5.13. The van der Waals surface area contributed by atoms with Gasteiger partial charge in [0.1, 0.15) is 11.5 Å². The molecule has 0 spiro atoms. The van der Waals surface area contributed by atoms with Crippen LogP contribution in [0.25, 0.3) is 11.4 Å². The van der Waals surface area contributed by atoms with E-state index in [4.69, 9.17) is 0 Å². The Morgan fingerprint density at radius 1 is 1.27 bits per heavy atom. The number of rotatable bonds is 6. The lowest BCUT2D eigenvalue weighted by Gasteiger charge is -2.12. The minimum absolute atomic E-state index is 0.211. The number of aromatic nitrogens is 2. The summed E-state index contributed by atoms with van der Waals surface area (Å²) in [5.41, 5.74) is 1.20. The first kappa shape index (κ1) is 15.7. The van der Waals surface area contributed by atoms with Gasteiger partial charge in [0.15, 0.2) is 5.82 Å². The summed E-state index contributed by atoms with van der Waals surface area (Å²) >= 11 is 0. The number of benzene rings is 1. The van der Waals surface area contributed by atoms with Gasteiger partial charge >= 0.3 is 0 Å². The first-order valence-corrected chi connectivity index (χ1v) is 7.20. The van der Waals surface area contributed by atoms with Crippen molar-refractivity contribution in [2.75, 3.05) is 11.9 Å². The fraction of sp³-hybridized carbons (Fsp3) is 0.235. The fourth-order valence-corrected chi connectivity index (χ4v) is 1.91. The SMILES string of the molecule is C=CCNC(=O)c1cc(NC(C)C)nc(-c2ccccc2)n1. The maximum Gasteiger partial charge on any atom is 0.270 e. The quantitative estimate of drug-likeness (QED) is 0.804. The molecule has 5 heteroatoms. The molecule has 1 amide bonds. The minimum atomic E-state index is -0.244. The Bertz CT molecular complexity index is 653. The summed E-state index contributed by atoms with van der Waals surface area (Å²) in [6.45, 7) is 8.02. The van der Waals surface area contributed by atoms with E-state index in [9.17, 15) is 4.79 Å². The number of carbonyl (C=O) groups excluding carboxylic acids is 1. The van der Waals surface area contributed by atoms with Crippen molar-refractivity contribution in [2.24, 2.45) is 0 Å². The largest absolute Gasteiger partial charge is 0.368 e. The van der Waals surface area contributed by atoms with E-state index in [2.05, 4.69) is 27.2 Å². The van der Waals surface area contributed by atoms with Gasteiger partial charge in [0.25, 0.3) is 5.91 Å². The zero-order valence-electron chi connectivity index (χ0n) is 12.8. The number of hydrogen-bond donors (Lipinski definition) is 2. The van der Waals surface area contributed by atoms with Crippen LogP contribution in [0.5, 0.6) is 0 Å². The number of nitrogens with one attached hydrogen (secondary N) is 2. The predicted molar refractivity (Wildman–Crippen MR) is 88.8 cm³/mol. The minimum Gasteiger partial charge on any atom is -0.368 e. The Morgan fingerprint density at radius 2 is 2.00 bits per heavy atom. The molecule has 1 aromatic heterocycles. The molecule has 0 aliphatic rings. The van der Waals surface area contributed by atoms with Crippen LogP contribution in [-0.4, -0.2) is 28.5 Å². The zero-order chi connectivity index (χ0) is 15.9. The number of anilines is 1. The summed E-state index contributed by atoms with van der Waals surface area (Å²) in [4.78, 5) is 21.0. The predicted octanol–water partition coefficient (Wildman–Crippen LogP) is 2.88. The van der Waals surface area contributed by atoms with Gasteiger partial charge in [0.05, 0.1) is 0 Å². The van der Waals surface area contributed by atoms with Gasteiger partial charge in [-0.15, -0.1) is 6.58 Å². The smallest absolute Gasteiger partial charge is 0.270 e. The maximum absolute atomic E-state index is 12.1. The highest BCUT2D eigenvalue weighted by molar-refractivity contribution is 5.93. The van der Waals surface area contributed by atoms with E-state index in [1.165, 1.54) is 0 Å². The third-order valence-corrected chi connectivity index (χ3v) is 2.83. The normalized spacial score (nSPS) is 10.3.